The standard InChI is InChI=1S/C15H19N5/c1-10-12-4-2-3-5-13(12)15(19-18-10)20-8-6-11(7-9-20)14(16)17/h2-5,11H,6-9H2,1H3,(H3,16,17). The lowest BCUT2D eigenvalue weighted by molar-refractivity contribution is 0.495. The Hall–Kier alpha value is -2.17. The summed E-state index contributed by atoms with van der Waals surface area (Å²) >= 11 is 0. The van der Waals surface area contributed by atoms with Gasteiger partial charge in [0.2, 0.25) is 0 Å². The third-order valence-corrected chi connectivity index (χ3v) is 4.09. The van der Waals surface area contributed by atoms with E-state index in [-0.39, 0.29) is 5.92 Å². The molecule has 0 saturated carbocycles. The minimum atomic E-state index is 0.218. The van der Waals surface area contributed by atoms with Gasteiger partial charge in [-0.15, -0.1) is 5.10 Å². The molecule has 3 N–H and O–H groups in total. The second kappa shape index (κ2) is 5.07. The van der Waals surface area contributed by atoms with E-state index in [1.165, 1.54) is 0 Å². The zero-order valence-corrected chi connectivity index (χ0v) is 11.6. The zero-order valence-electron chi connectivity index (χ0n) is 11.6. The third-order valence-electron chi connectivity index (χ3n) is 4.09. The van der Waals surface area contributed by atoms with Crippen molar-refractivity contribution in [1.29, 1.82) is 5.41 Å². The number of nitrogens with two attached hydrogens (primary N) is 1. The Balaban J connectivity index is 1.92. The molecule has 1 aromatic heterocycles. The smallest absolute Gasteiger partial charge is 0.159 e. The van der Waals surface area contributed by atoms with Crippen molar-refractivity contribution < 1.29 is 0 Å². The van der Waals surface area contributed by atoms with E-state index in [1.54, 1.807) is 0 Å². The van der Waals surface area contributed by atoms with Gasteiger partial charge < -0.3 is 10.6 Å². The monoisotopic (exact) mass is 269 g/mol. The Morgan fingerprint density at radius 3 is 2.50 bits per heavy atom. The largest absolute Gasteiger partial charge is 0.387 e. The summed E-state index contributed by atoms with van der Waals surface area (Å²) in [5, 5.41) is 18.5. The maximum absolute atomic E-state index is 7.55. The first-order valence-electron chi connectivity index (χ1n) is 6.97. The summed E-state index contributed by atoms with van der Waals surface area (Å²) in [6.45, 7) is 3.75. The first-order valence-corrected chi connectivity index (χ1v) is 6.97. The van der Waals surface area contributed by atoms with Crippen LogP contribution in [0.1, 0.15) is 18.5 Å². The number of nitrogens with zero attached hydrogens (tertiary/aromatic N) is 3. The van der Waals surface area contributed by atoms with Crippen LogP contribution in [0.4, 0.5) is 5.82 Å². The minimum absolute atomic E-state index is 0.218. The Labute approximate surface area is 118 Å². The molecule has 2 heterocycles. The van der Waals surface area contributed by atoms with Gasteiger partial charge in [-0.2, -0.15) is 5.10 Å². The molecule has 2 aromatic rings. The zero-order chi connectivity index (χ0) is 14.1. The molecule has 1 aliphatic heterocycles. The molecule has 0 aliphatic carbocycles. The number of hydrogen-bond acceptors (Lipinski definition) is 4. The topological polar surface area (TPSA) is 78.9 Å². The number of aromatic nitrogens is 2. The van der Waals surface area contributed by atoms with Crippen LogP contribution in [0.3, 0.4) is 0 Å². The molecule has 1 fully saturated rings. The highest BCUT2D eigenvalue weighted by atomic mass is 15.3. The molecule has 0 unspecified atom stereocenters. The average molecular weight is 269 g/mol. The molecular weight excluding hydrogens is 250 g/mol. The predicted octanol–water partition coefficient (Wildman–Crippen LogP) is 2.09. The fraction of sp³-hybridized carbons (Fsp3) is 0.400. The van der Waals surface area contributed by atoms with Crippen molar-refractivity contribution in [3.8, 4) is 0 Å². The SMILES string of the molecule is Cc1nnc(N2CCC(C(=N)N)CC2)c2ccccc12. The molecule has 104 valence electrons. The molecule has 0 spiro atoms. The summed E-state index contributed by atoms with van der Waals surface area (Å²) in [5.74, 6) is 1.48. The molecule has 0 amide bonds. The average Bonchev–Trinajstić information content (AvgIpc) is 2.48. The third kappa shape index (κ3) is 2.19. The van der Waals surface area contributed by atoms with Crippen LogP contribution in [-0.2, 0) is 0 Å². The molecule has 0 bridgehead atoms. The Bertz CT molecular complexity index is 644. The fourth-order valence-electron chi connectivity index (χ4n) is 2.86. The molecular formula is C15H19N5. The van der Waals surface area contributed by atoms with Crippen molar-refractivity contribution in [2.24, 2.45) is 11.7 Å². The lowest BCUT2D eigenvalue weighted by Crippen LogP contribution is -2.38. The molecule has 1 saturated heterocycles. The Kier molecular flexibility index (Phi) is 3.26. The minimum Gasteiger partial charge on any atom is -0.387 e. The lowest BCUT2D eigenvalue weighted by atomic mass is 9.95. The van der Waals surface area contributed by atoms with E-state index in [0.29, 0.717) is 5.84 Å². The number of rotatable bonds is 2. The van der Waals surface area contributed by atoms with Crippen LogP contribution in [0.2, 0.25) is 0 Å². The number of fused-ring (bicyclic) bond motifs is 1. The van der Waals surface area contributed by atoms with E-state index in [0.717, 1.165) is 48.2 Å². The van der Waals surface area contributed by atoms with E-state index in [2.05, 4.69) is 27.2 Å². The van der Waals surface area contributed by atoms with Gasteiger partial charge in [-0.3, -0.25) is 5.41 Å². The predicted molar refractivity (Wildman–Crippen MR) is 81.1 cm³/mol. The van der Waals surface area contributed by atoms with Gasteiger partial charge in [0, 0.05) is 29.8 Å². The highest BCUT2D eigenvalue weighted by molar-refractivity contribution is 5.93. The first kappa shape index (κ1) is 12.8. The van der Waals surface area contributed by atoms with Gasteiger partial charge in [0.05, 0.1) is 11.5 Å². The van der Waals surface area contributed by atoms with Crippen molar-refractivity contribution in [2.75, 3.05) is 18.0 Å². The number of benzene rings is 1. The van der Waals surface area contributed by atoms with E-state index >= 15 is 0 Å². The quantitative estimate of drug-likeness (QED) is 0.646. The molecule has 0 radical (unpaired) electrons. The number of aryl methyl sites for hydroxylation is 1. The van der Waals surface area contributed by atoms with Gasteiger partial charge in [0.1, 0.15) is 0 Å². The first-order chi connectivity index (χ1) is 9.66. The maximum Gasteiger partial charge on any atom is 0.159 e. The second-order valence-corrected chi connectivity index (χ2v) is 5.37. The lowest BCUT2D eigenvalue weighted by Gasteiger charge is -2.32. The van der Waals surface area contributed by atoms with Gasteiger partial charge in [-0.25, -0.2) is 0 Å². The highest BCUT2D eigenvalue weighted by Gasteiger charge is 2.23. The summed E-state index contributed by atoms with van der Waals surface area (Å²) in [6, 6.07) is 8.26. The van der Waals surface area contributed by atoms with Crippen LogP contribution in [-0.4, -0.2) is 29.1 Å². The number of anilines is 1. The molecule has 1 aliphatic rings. The molecule has 1 aromatic carbocycles. The number of hydrogen-bond donors (Lipinski definition) is 2. The maximum atomic E-state index is 7.55. The van der Waals surface area contributed by atoms with Crippen LogP contribution in [0.5, 0.6) is 0 Å². The van der Waals surface area contributed by atoms with Gasteiger partial charge >= 0.3 is 0 Å². The van der Waals surface area contributed by atoms with Crippen molar-refractivity contribution in [2.45, 2.75) is 19.8 Å². The van der Waals surface area contributed by atoms with Crippen LogP contribution in [0.15, 0.2) is 24.3 Å². The van der Waals surface area contributed by atoms with Crippen molar-refractivity contribution in [1.82, 2.24) is 10.2 Å². The number of amidine groups is 1. The summed E-state index contributed by atoms with van der Waals surface area (Å²) in [4.78, 5) is 2.26. The van der Waals surface area contributed by atoms with Crippen molar-refractivity contribution in [3.63, 3.8) is 0 Å². The number of nitrogens with one attached hydrogen (secondary N) is 1. The summed E-state index contributed by atoms with van der Waals surface area (Å²) < 4.78 is 0. The Morgan fingerprint density at radius 1 is 1.20 bits per heavy atom. The van der Waals surface area contributed by atoms with Gasteiger partial charge in [0.15, 0.2) is 5.82 Å². The van der Waals surface area contributed by atoms with E-state index in [1.807, 2.05) is 19.1 Å². The van der Waals surface area contributed by atoms with Crippen LogP contribution < -0.4 is 10.6 Å². The van der Waals surface area contributed by atoms with Gasteiger partial charge in [0.25, 0.3) is 0 Å². The van der Waals surface area contributed by atoms with Crippen molar-refractivity contribution >= 4 is 22.4 Å². The highest BCUT2D eigenvalue weighted by Crippen LogP contribution is 2.28. The molecule has 0 atom stereocenters. The second-order valence-electron chi connectivity index (χ2n) is 5.37. The molecule has 3 rings (SSSR count). The van der Waals surface area contributed by atoms with E-state index < -0.39 is 0 Å². The van der Waals surface area contributed by atoms with Gasteiger partial charge in [-0.1, -0.05) is 24.3 Å². The molecule has 5 heteroatoms. The summed E-state index contributed by atoms with van der Waals surface area (Å²) in [6.07, 6.45) is 1.83. The van der Waals surface area contributed by atoms with Crippen molar-refractivity contribution in [3.05, 3.63) is 30.0 Å². The van der Waals surface area contributed by atoms with E-state index in [9.17, 15) is 0 Å². The van der Waals surface area contributed by atoms with Crippen LogP contribution in [0, 0.1) is 18.3 Å². The van der Waals surface area contributed by atoms with Crippen LogP contribution in [0.25, 0.3) is 10.8 Å². The summed E-state index contributed by atoms with van der Waals surface area (Å²) in [5.41, 5.74) is 6.56. The van der Waals surface area contributed by atoms with Crippen LogP contribution >= 0.6 is 0 Å². The van der Waals surface area contributed by atoms with Gasteiger partial charge in [-0.05, 0) is 19.8 Å². The molecule has 5 nitrogen and oxygen atoms in total. The number of piperidine rings is 1. The fourth-order valence-corrected chi connectivity index (χ4v) is 2.86. The molecule has 20 heavy (non-hydrogen) atoms. The Morgan fingerprint density at radius 2 is 1.85 bits per heavy atom. The van der Waals surface area contributed by atoms with E-state index in [4.69, 9.17) is 11.1 Å². The normalized spacial score (nSPS) is 16.6. The summed E-state index contributed by atoms with van der Waals surface area (Å²) in [7, 11) is 0.